The van der Waals surface area contributed by atoms with Crippen LogP contribution in [0.25, 0.3) is 21.5 Å². The fourth-order valence-electron chi connectivity index (χ4n) is 2.92. The Labute approximate surface area is 146 Å². The molecule has 0 radical (unpaired) electrons. The summed E-state index contributed by atoms with van der Waals surface area (Å²) in [5.41, 5.74) is 1.10. The molecular weight excluding hydrogens is 316 g/mol. The smallest absolute Gasteiger partial charge is 0.330 e. The number of aryl methyl sites for hydroxylation is 1. The van der Waals surface area contributed by atoms with E-state index in [-0.39, 0.29) is 13.2 Å². The first kappa shape index (κ1) is 17.0. The Morgan fingerprint density at radius 3 is 2.72 bits per heavy atom. The SMILES string of the molecule is C=CC(=O)OC(CO)COc1c2ccccc2cc2cccc(C)c12. The van der Waals surface area contributed by atoms with Crippen LogP contribution in [-0.2, 0) is 9.53 Å². The summed E-state index contributed by atoms with van der Waals surface area (Å²) >= 11 is 0. The second kappa shape index (κ2) is 7.36. The minimum atomic E-state index is -0.747. The van der Waals surface area contributed by atoms with Gasteiger partial charge >= 0.3 is 5.97 Å². The van der Waals surface area contributed by atoms with E-state index in [1.165, 1.54) is 0 Å². The van der Waals surface area contributed by atoms with Crippen molar-refractivity contribution in [2.45, 2.75) is 13.0 Å². The molecule has 0 saturated heterocycles. The van der Waals surface area contributed by atoms with Crippen LogP contribution in [0.4, 0.5) is 0 Å². The van der Waals surface area contributed by atoms with Crippen molar-refractivity contribution >= 4 is 27.5 Å². The molecule has 0 heterocycles. The molecule has 0 saturated carbocycles. The first-order valence-corrected chi connectivity index (χ1v) is 8.12. The highest BCUT2D eigenvalue weighted by Crippen LogP contribution is 2.36. The van der Waals surface area contributed by atoms with Gasteiger partial charge in [0.15, 0.2) is 6.10 Å². The van der Waals surface area contributed by atoms with E-state index >= 15 is 0 Å². The maximum atomic E-state index is 11.4. The van der Waals surface area contributed by atoms with Crippen molar-refractivity contribution in [3.05, 3.63) is 66.7 Å². The van der Waals surface area contributed by atoms with Crippen molar-refractivity contribution < 1.29 is 19.4 Å². The zero-order valence-electron chi connectivity index (χ0n) is 14.1. The van der Waals surface area contributed by atoms with Crippen molar-refractivity contribution in [1.29, 1.82) is 0 Å². The number of aliphatic hydroxyl groups is 1. The van der Waals surface area contributed by atoms with Gasteiger partial charge in [-0.25, -0.2) is 4.79 Å². The van der Waals surface area contributed by atoms with Crippen LogP contribution in [0, 0.1) is 6.92 Å². The molecule has 0 aliphatic rings. The highest BCUT2D eigenvalue weighted by molar-refractivity contribution is 6.06. The minimum absolute atomic E-state index is 0.0630. The Kier molecular flexibility index (Phi) is 5.00. The fraction of sp³-hybridized carbons (Fsp3) is 0.190. The van der Waals surface area contributed by atoms with E-state index in [0.717, 1.165) is 38.9 Å². The summed E-state index contributed by atoms with van der Waals surface area (Å²) in [6, 6.07) is 16.2. The number of hydrogen-bond donors (Lipinski definition) is 1. The predicted molar refractivity (Wildman–Crippen MR) is 98.8 cm³/mol. The summed E-state index contributed by atoms with van der Waals surface area (Å²) in [6.07, 6.45) is 0.323. The number of carbonyl (C=O) groups is 1. The number of hydrogen-bond acceptors (Lipinski definition) is 4. The standard InChI is InChI=1S/C21H20O4/c1-3-19(23)25-17(12-22)13-24-21-18-10-5-4-8-15(18)11-16-9-6-7-14(2)20(16)21/h3-11,17,22H,1,12-13H2,2H3. The molecule has 0 amide bonds. The van der Waals surface area contributed by atoms with E-state index in [9.17, 15) is 9.90 Å². The minimum Gasteiger partial charge on any atom is -0.488 e. The number of fused-ring (bicyclic) bond motifs is 2. The lowest BCUT2D eigenvalue weighted by Crippen LogP contribution is -2.28. The van der Waals surface area contributed by atoms with E-state index < -0.39 is 12.1 Å². The topological polar surface area (TPSA) is 55.8 Å². The van der Waals surface area contributed by atoms with E-state index in [2.05, 4.69) is 12.6 Å². The van der Waals surface area contributed by atoms with Gasteiger partial charge in [0.1, 0.15) is 12.4 Å². The van der Waals surface area contributed by atoms with Crippen LogP contribution >= 0.6 is 0 Å². The number of rotatable bonds is 6. The molecule has 0 aromatic heterocycles. The Morgan fingerprint density at radius 1 is 1.20 bits per heavy atom. The third-order valence-electron chi connectivity index (χ3n) is 4.12. The molecule has 3 aromatic rings. The third-order valence-corrected chi connectivity index (χ3v) is 4.12. The van der Waals surface area contributed by atoms with Gasteiger partial charge in [-0.1, -0.05) is 49.0 Å². The van der Waals surface area contributed by atoms with Gasteiger partial charge in [-0.2, -0.15) is 0 Å². The molecule has 0 fully saturated rings. The Hall–Kier alpha value is -2.85. The molecule has 1 N–H and O–H groups in total. The first-order chi connectivity index (χ1) is 12.1. The van der Waals surface area contributed by atoms with Crippen molar-refractivity contribution in [3.63, 3.8) is 0 Å². The van der Waals surface area contributed by atoms with Gasteiger partial charge < -0.3 is 14.6 Å². The number of carbonyl (C=O) groups excluding carboxylic acids is 1. The van der Waals surface area contributed by atoms with Crippen molar-refractivity contribution in [3.8, 4) is 5.75 Å². The summed E-state index contributed by atoms with van der Waals surface area (Å²) in [7, 11) is 0. The van der Waals surface area contributed by atoms with Gasteiger partial charge in [0.2, 0.25) is 0 Å². The number of benzene rings is 3. The molecule has 0 aliphatic heterocycles. The normalized spacial score (nSPS) is 12.1. The molecule has 3 rings (SSSR count). The van der Waals surface area contributed by atoms with Crippen LogP contribution in [-0.4, -0.2) is 30.4 Å². The monoisotopic (exact) mass is 336 g/mol. The van der Waals surface area contributed by atoms with E-state index in [1.807, 2.05) is 49.4 Å². The molecule has 128 valence electrons. The van der Waals surface area contributed by atoms with Crippen LogP contribution in [0.15, 0.2) is 61.2 Å². The Bertz CT molecular complexity index is 930. The molecule has 1 unspecified atom stereocenters. The van der Waals surface area contributed by atoms with Crippen LogP contribution in [0.3, 0.4) is 0 Å². The summed E-state index contributed by atoms with van der Waals surface area (Å²) in [5.74, 6) is 0.154. The molecule has 3 aromatic carbocycles. The molecule has 0 aliphatic carbocycles. The highest BCUT2D eigenvalue weighted by Gasteiger charge is 2.16. The van der Waals surface area contributed by atoms with Gasteiger partial charge in [-0.3, -0.25) is 0 Å². The van der Waals surface area contributed by atoms with Gasteiger partial charge in [-0.15, -0.1) is 0 Å². The molecule has 0 bridgehead atoms. The lowest BCUT2D eigenvalue weighted by Gasteiger charge is -2.19. The van der Waals surface area contributed by atoms with Gasteiger partial charge in [-0.05, 0) is 29.3 Å². The molecule has 0 spiro atoms. The van der Waals surface area contributed by atoms with Crippen LogP contribution in [0.1, 0.15) is 5.56 Å². The first-order valence-electron chi connectivity index (χ1n) is 8.12. The third kappa shape index (κ3) is 3.49. The fourth-order valence-corrected chi connectivity index (χ4v) is 2.92. The van der Waals surface area contributed by atoms with Crippen LogP contribution in [0.2, 0.25) is 0 Å². The summed E-state index contributed by atoms with van der Waals surface area (Å²) in [6.45, 7) is 5.14. The van der Waals surface area contributed by atoms with E-state index in [4.69, 9.17) is 9.47 Å². The Morgan fingerprint density at radius 2 is 1.96 bits per heavy atom. The zero-order valence-corrected chi connectivity index (χ0v) is 14.1. The average Bonchev–Trinajstić information content (AvgIpc) is 2.64. The summed E-state index contributed by atoms with van der Waals surface area (Å²) in [5, 5.41) is 13.6. The summed E-state index contributed by atoms with van der Waals surface area (Å²) < 4.78 is 11.1. The lowest BCUT2D eigenvalue weighted by molar-refractivity contribution is -0.146. The average molecular weight is 336 g/mol. The molecule has 4 heteroatoms. The van der Waals surface area contributed by atoms with Crippen LogP contribution in [0.5, 0.6) is 5.75 Å². The van der Waals surface area contributed by atoms with E-state index in [0.29, 0.717) is 0 Å². The summed E-state index contributed by atoms with van der Waals surface area (Å²) in [4.78, 5) is 11.4. The quantitative estimate of drug-likeness (QED) is 0.423. The number of ether oxygens (including phenoxy) is 2. The van der Waals surface area contributed by atoms with Crippen molar-refractivity contribution in [2.24, 2.45) is 0 Å². The number of esters is 1. The van der Waals surface area contributed by atoms with Gasteiger partial charge in [0.25, 0.3) is 0 Å². The van der Waals surface area contributed by atoms with Crippen molar-refractivity contribution in [1.82, 2.24) is 0 Å². The lowest BCUT2D eigenvalue weighted by atomic mass is 9.99. The molecule has 4 nitrogen and oxygen atoms in total. The predicted octanol–water partition coefficient (Wildman–Crippen LogP) is 3.77. The molecule has 25 heavy (non-hydrogen) atoms. The van der Waals surface area contributed by atoms with Crippen molar-refractivity contribution in [2.75, 3.05) is 13.2 Å². The largest absolute Gasteiger partial charge is 0.488 e. The van der Waals surface area contributed by atoms with Gasteiger partial charge in [0.05, 0.1) is 6.61 Å². The molecule has 1 atom stereocenters. The second-order valence-electron chi connectivity index (χ2n) is 5.86. The zero-order chi connectivity index (χ0) is 17.8. The number of aliphatic hydroxyl groups excluding tert-OH is 1. The maximum Gasteiger partial charge on any atom is 0.330 e. The highest BCUT2D eigenvalue weighted by atomic mass is 16.6. The second-order valence-corrected chi connectivity index (χ2v) is 5.86. The van der Waals surface area contributed by atoms with Gasteiger partial charge in [0, 0.05) is 16.8 Å². The maximum absolute atomic E-state index is 11.4. The molecular formula is C21H20O4. The Balaban J connectivity index is 2.03. The van der Waals surface area contributed by atoms with Crippen LogP contribution < -0.4 is 4.74 Å². The van der Waals surface area contributed by atoms with E-state index in [1.54, 1.807) is 0 Å².